The van der Waals surface area contributed by atoms with Crippen molar-refractivity contribution in [2.45, 2.75) is 6.92 Å². The summed E-state index contributed by atoms with van der Waals surface area (Å²) in [5.41, 5.74) is 1.31. The molecule has 9 heavy (non-hydrogen) atoms. The Morgan fingerprint density at radius 1 is 1.78 bits per heavy atom. The van der Waals surface area contributed by atoms with Crippen LogP contribution in [-0.4, -0.2) is 16.5 Å². The van der Waals surface area contributed by atoms with Gasteiger partial charge in [-0.1, -0.05) is 0 Å². The third-order valence-electron chi connectivity index (χ3n) is 1.10. The minimum atomic E-state index is 0.460. The Hall–Kier alpha value is -0.640. The lowest BCUT2D eigenvalue weighted by atomic mass is 10.3. The molecule has 0 fully saturated rings. The topological polar surface area (TPSA) is 45.8 Å². The van der Waals surface area contributed by atoms with Crippen LogP contribution in [0, 0.1) is 6.92 Å². The highest BCUT2D eigenvalue weighted by atomic mass is 79.9. The van der Waals surface area contributed by atoms with Gasteiger partial charge in [0, 0.05) is 5.56 Å². The fraction of sp³-hybridized carbons (Fsp3) is 0.200. The first kappa shape index (κ1) is 6.48. The molecule has 0 radical (unpaired) electrons. The van der Waals surface area contributed by atoms with Crippen molar-refractivity contribution in [1.29, 1.82) is 0 Å². The summed E-state index contributed by atoms with van der Waals surface area (Å²) in [6, 6.07) is 0. The third kappa shape index (κ3) is 1.03. The first-order valence-corrected chi connectivity index (χ1v) is 3.20. The molecule has 1 aromatic heterocycles. The summed E-state index contributed by atoms with van der Waals surface area (Å²) in [5, 5.41) is 6.32. The molecule has 0 atom stereocenters. The van der Waals surface area contributed by atoms with E-state index in [0.29, 0.717) is 5.69 Å². The molecule has 0 saturated carbocycles. The van der Waals surface area contributed by atoms with E-state index in [0.717, 1.165) is 16.5 Å². The number of carbonyl (C=O) groups excluding carboxylic acids is 1. The van der Waals surface area contributed by atoms with Gasteiger partial charge in [-0.15, -0.1) is 0 Å². The lowest BCUT2D eigenvalue weighted by Gasteiger charge is -1.81. The third-order valence-corrected chi connectivity index (χ3v) is 1.87. The average Bonchev–Trinajstić information content (AvgIpc) is 2.15. The number of aromatic amines is 1. The van der Waals surface area contributed by atoms with Gasteiger partial charge in [-0.25, -0.2) is 0 Å². The standard InChI is InChI=1S/C5H5BrN2O/c1-3-4(2-9)7-8-5(3)6/h2H,1H3,(H,7,8). The van der Waals surface area contributed by atoms with Crippen LogP contribution in [0.1, 0.15) is 16.1 Å². The van der Waals surface area contributed by atoms with E-state index in [1.165, 1.54) is 0 Å². The predicted molar refractivity (Wildman–Crippen MR) is 36.4 cm³/mol. The van der Waals surface area contributed by atoms with E-state index in [-0.39, 0.29) is 0 Å². The molecule has 0 saturated heterocycles. The summed E-state index contributed by atoms with van der Waals surface area (Å²) in [6.07, 6.45) is 0.719. The molecule has 1 heterocycles. The largest absolute Gasteiger partial charge is 0.296 e. The Balaban J connectivity index is 3.18. The number of rotatable bonds is 1. The Labute approximate surface area is 60.6 Å². The van der Waals surface area contributed by atoms with Crippen molar-refractivity contribution in [2.75, 3.05) is 0 Å². The number of hydrogen-bond donors (Lipinski definition) is 1. The van der Waals surface area contributed by atoms with Crippen molar-refractivity contribution in [1.82, 2.24) is 10.2 Å². The molecule has 0 amide bonds. The van der Waals surface area contributed by atoms with Crippen LogP contribution in [0.3, 0.4) is 0 Å². The first-order valence-electron chi connectivity index (χ1n) is 2.41. The average molecular weight is 189 g/mol. The lowest BCUT2D eigenvalue weighted by molar-refractivity contribution is 0.111. The van der Waals surface area contributed by atoms with Crippen LogP contribution in [0.25, 0.3) is 0 Å². The molecule has 4 heteroatoms. The Morgan fingerprint density at radius 3 is 2.67 bits per heavy atom. The lowest BCUT2D eigenvalue weighted by Crippen LogP contribution is -1.80. The van der Waals surface area contributed by atoms with Gasteiger partial charge < -0.3 is 0 Å². The summed E-state index contributed by atoms with van der Waals surface area (Å²) < 4.78 is 0.768. The molecule has 1 N–H and O–H groups in total. The van der Waals surface area contributed by atoms with E-state index in [1.807, 2.05) is 6.92 Å². The number of halogens is 1. The second-order valence-corrected chi connectivity index (χ2v) is 2.46. The molecule has 0 aliphatic heterocycles. The number of aromatic nitrogens is 2. The van der Waals surface area contributed by atoms with Crippen molar-refractivity contribution >= 4 is 22.2 Å². The van der Waals surface area contributed by atoms with Gasteiger partial charge in [0.25, 0.3) is 0 Å². The van der Waals surface area contributed by atoms with E-state index in [2.05, 4.69) is 26.1 Å². The summed E-state index contributed by atoms with van der Waals surface area (Å²) >= 11 is 3.18. The van der Waals surface area contributed by atoms with Crippen molar-refractivity contribution < 1.29 is 4.79 Å². The van der Waals surface area contributed by atoms with E-state index in [4.69, 9.17) is 0 Å². The molecule has 1 rings (SSSR count). The monoisotopic (exact) mass is 188 g/mol. The molecular formula is C5H5BrN2O. The zero-order valence-electron chi connectivity index (χ0n) is 4.81. The fourth-order valence-corrected chi connectivity index (χ4v) is 0.796. The molecule has 0 aliphatic carbocycles. The SMILES string of the molecule is Cc1c(C=O)n[nH]c1Br. The van der Waals surface area contributed by atoms with Crippen LogP contribution in [0.15, 0.2) is 4.60 Å². The quantitative estimate of drug-likeness (QED) is 0.676. The summed E-state index contributed by atoms with van der Waals surface area (Å²) in [5.74, 6) is 0. The van der Waals surface area contributed by atoms with E-state index in [9.17, 15) is 4.79 Å². The molecular weight excluding hydrogens is 184 g/mol. The highest BCUT2D eigenvalue weighted by Crippen LogP contribution is 2.13. The highest BCUT2D eigenvalue weighted by Gasteiger charge is 2.02. The minimum absolute atomic E-state index is 0.460. The Morgan fingerprint density at radius 2 is 2.44 bits per heavy atom. The number of hydrogen-bond acceptors (Lipinski definition) is 2. The molecule has 3 nitrogen and oxygen atoms in total. The number of carbonyl (C=O) groups is 1. The second-order valence-electron chi connectivity index (χ2n) is 1.67. The van der Waals surface area contributed by atoms with Gasteiger partial charge in [0.1, 0.15) is 10.3 Å². The second kappa shape index (κ2) is 2.31. The van der Waals surface area contributed by atoms with Crippen molar-refractivity contribution in [3.8, 4) is 0 Å². The van der Waals surface area contributed by atoms with E-state index < -0.39 is 0 Å². The van der Waals surface area contributed by atoms with Crippen molar-refractivity contribution in [3.63, 3.8) is 0 Å². The summed E-state index contributed by atoms with van der Waals surface area (Å²) in [4.78, 5) is 10.1. The van der Waals surface area contributed by atoms with Gasteiger partial charge in [-0.3, -0.25) is 9.89 Å². The van der Waals surface area contributed by atoms with Crippen LogP contribution in [-0.2, 0) is 0 Å². The minimum Gasteiger partial charge on any atom is -0.296 e. The van der Waals surface area contributed by atoms with Gasteiger partial charge in [-0.05, 0) is 22.9 Å². The van der Waals surface area contributed by atoms with Crippen LogP contribution in [0.4, 0.5) is 0 Å². The van der Waals surface area contributed by atoms with Crippen LogP contribution in [0.5, 0.6) is 0 Å². The molecule has 48 valence electrons. The zero-order valence-corrected chi connectivity index (χ0v) is 6.40. The maximum Gasteiger partial charge on any atom is 0.170 e. The normalized spacial score (nSPS) is 9.56. The van der Waals surface area contributed by atoms with E-state index >= 15 is 0 Å². The number of nitrogens with zero attached hydrogens (tertiary/aromatic N) is 1. The van der Waals surface area contributed by atoms with Crippen molar-refractivity contribution in [3.05, 3.63) is 15.9 Å². The first-order chi connectivity index (χ1) is 4.25. The smallest absolute Gasteiger partial charge is 0.170 e. The van der Waals surface area contributed by atoms with E-state index in [1.54, 1.807) is 0 Å². The van der Waals surface area contributed by atoms with Crippen LogP contribution >= 0.6 is 15.9 Å². The molecule has 0 aromatic carbocycles. The highest BCUT2D eigenvalue weighted by molar-refractivity contribution is 9.10. The number of nitrogens with one attached hydrogen (secondary N) is 1. The maximum absolute atomic E-state index is 10.1. The summed E-state index contributed by atoms with van der Waals surface area (Å²) in [7, 11) is 0. The zero-order chi connectivity index (χ0) is 6.85. The van der Waals surface area contributed by atoms with Crippen LogP contribution in [0.2, 0.25) is 0 Å². The molecule has 0 spiro atoms. The molecule has 0 bridgehead atoms. The van der Waals surface area contributed by atoms with Gasteiger partial charge in [0.2, 0.25) is 0 Å². The number of H-pyrrole nitrogens is 1. The van der Waals surface area contributed by atoms with Gasteiger partial charge in [-0.2, -0.15) is 5.10 Å². The molecule has 1 aromatic rings. The van der Waals surface area contributed by atoms with Crippen LogP contribution < -0.4 is 0 Å². The maximum atomic E-state index is 10.1. The molecule has 0 aliphatic rings. The number of aldehydes is 1. The predicted octanol–water partition coefficient (Wildman–Crippen LogP) is 1.29. The molecule has 0 unspecified atom stereocenters. The Bertz CT molecular complexity index is 231. The fourth-order valence-electron chi connectivity index (χ4n) is 0.504. The summed E-state index contributed by atoms with van der Waals surface area (Å²) in [6.45, 7) is 1.82. The van der Waals surface area contributed by atoms with Crippen molar-refractivity contribution in [2.24, 2.45) is 0 Å². The Kier molecular flexibility index (Phi) is 1.66. The van der Waals surface area contributed by atoms with Gasteiger partial charge in [0.05, 0.1) is 0 Å². The van der Waals surface area contributed by atoms with Gasteiger partial charge in [0.15, 0.2) is 6.29 Å². The van der Waals surface area contributed by atoms with Gasteiger partial charge >= 0.3 is 0 Å².